The molecule has 0 radical (unpaired) electrons. The lowest BCUT2D eigenvalue weighted by molar-refractivity contribution is -0.402. The summed E-state index contributed by atoms with van der Waals surface area (Å²) < 4.78 is 9.74. The second-order valence-corrected chi connectivity index (χ2v) is 6.03. The molecular formula is C17H19N3O6. The van der Waals surface area contributed by atoms with Crippen LogP contribution in [0.5, 0.6) is 0 Å². The van der Waals surface area contributed by atoms with Crippen LogP contribution in [-0.4, -0.2) is 40.9 Å². The van der Waals surface area contributed by atoms with Crippen LogP contribution >= 0.6 is 0 Å². The fourth-order valence-corrected chi connectivity index (χ4v) is 2.86. The molecule has 0 saturated heterocycles. The first-order valence-corrected chi connectivity index (χ1v) is 8.15. The maximum Gasteiger partial charge on any atom is 0.433 e. The molecule has 0 unspecified atom stereocenters. The van der Waals surface area contributed by atoms with Crippen LogP contribution in [0.1, 0.15) is 37.9 Å². The van der Waals surface area contributed by atoms with E-state index >= 15 is 0 Å². The zero-order valence-electron chi connectivity index (χ0n) is 14.3. The Hall–Kier alpha value is -3.15. The van der Waals surface area contributed by atoms with Gasteiger partial charge in [0.2, 0.25) is 0 Å². The Bertz CT molecular complexity index is 755. The molecule has 1 aliphatic rings. The van der Waals surface area contributed by atoms with Crippen molar-refractivity contribution >= 4 is 23.8 Å². The molecule has 9 heteroatoms. The molecule has 0 bridgehead atoms. The van der Waals surface area contributed by atoms with Gasteiger partial charge in [0.15, 0.2) is 6.61 Å². The SMILES string of the molecule is CN(C(=O)COC(=O)/C=C/c1ccc([N+](=O)[O-])o1)C1(C#N)CCCCC1. The Labute approximate surface area is 150 Å². The molecule has 1 fully saturated rings. The van der Waals surface area contributed by atoms with Gasteiger partial charge in [-0.1, -0.05) is 19.3 Å². The number of hydrogen-bond donors (Lipinski definition) is 0. The number of carbonyl (C=O) groups is 2. The van der Waals surface area contributed by atoms with Crippen LogP contribution in [0.2, 0.25) is 0 Å². The van der Waals surface area contributed by atoms with Crippen molar-refractivity contribution in [2.75, 3.05) is 13.7 Å². The van der Waals surface area contributed by atoms with E-state index in [-0.39, 0.29) is 5.76 Å². The van der Waals surface area contributed by atoms with Gasteiger partial charge in [-0.2, -0.15) is 5.26 Å². The highest BCUT2D eigenvalue weighted by Gasteiger charge is 2.38. The standard InChI is InChI=1S/C17H19N3O6/c1-19(17(12-18)9-3-2-4-10-17)14(21)11-25-16(22)8-6-13-5-7-15(26-13)20(23)24/h5-8H,2-4,9-11H2,1H3/b8-6+. The normalized spacial score (nSPS) is 16.0. The summed E-state index contributed by atoms with van der Waals surface area (Å²) in [6.45, 7) is -0.485. The molecule has 26 heavy (non-hydrogen) atoms. The van der Waals surface area contributed by atoms with Crippen molar-refractivity contribution in [3.63, 3.8) is 0 Å². The monoisotopic (exact) mass is 361 g/mol. The summed E-state index contributed by atoms with van der Waals surface area (Å²) in [5.41, 5.74) is -0.843. The van der Waals surface area contributed by atoms with Crippen molar-refractivity contribution < 1.29 is 23.7 Å². The Balaban J connectivity index is 1.87. The lowest BCUT2D eigenvalue weighted by atomic mass is 9.81. The van der Waals surface area contributed by atoms with Crippen LogP contribution in [0.15, 0.2) is 22.6 Å². The number of amides is 1. The molecule has 1 aromatic rings. The maximum absolute atomic E-state index is 12.2. The van der Waals surface area contributed by atoms with Crippen LogP contribution in [0, 0.1) is 21.4 Å². The van der Waals surface area contributed by atoms with Gasteiger partial charge in [-0.25, -0.2) is 4.79 Å². The Morgan fingerprint density at radius 1 is 1.42 bits per heavy atom. The molecule has 0 N–H and O–H groups in total. The second-order valence-electron chi connectivity index (χ2n) is 6.03. The summed E-state index contributed by atoms with van der Waals surface area (Å²) in [5, 5.41) is 20.0. The lowest BCUT2D eigenvalue weighted by Gasteiger charge is -2.38. The molecule has 1 heterocycles. The van der Waals surface area contributed by atoms with Crippen LogP contribution < -0.4 is 0 Å². The van der Waals surface area contributed by atoms with Gasteiger partial charge in [0.25, 0.3) is 5.91 Å². The van der Waals surface area contributed by atoms with E-state index in [1.165, 1.54) is 17.0 Å². The smallest absolute Gasteiger partial charge is 0.433 e. The van der Waals surface area contributed by atoms with E-state index in [2.05, 4.69) is 6.07 Å². The van der Waals surface area contributed by atoms with Crippen molar-refractivity contribution in [3.8, 4) is 6.07 Å². The first-order valence-electron chi connectivity index (χ1n) is 8.15. The molecule has 2 rings (SSSR count). The number of carbonyl (C=O) groups excluding carboxylic acids is 2. The molecule has 1 saturated carbocycles. The number of nitriles is 1. The number of esters is 1. The lowest BCUT2D eigenvalue weighted by Crippen LogP contribution is -2.51. The van der Waals surface area contributed by atoms with Crippen LogP contribution in [0.25, 0.3) is 6.08 Å². The topological polar surface area (TPSA) is 127 Å². The summed E-state index contributed by atoms with van der Waals surface area (Å²) in [7, 11) is 1.54. The summed E-state index contributed by atoms with van der Waals surface area (Å²) in [6, 6.07) is 4.72. The van der Waals surface area contributed by atoms with Gasteiger partial charge in [-0.15, -0.1) is 0 Å². The molecule has 0 spiro atoms. The van der Waals surface area contributed by atoms with E-state index in [4.69, 9.17) is 9.15 Å². The summed E-state index contributed by atoms with van der Waals surface area (Å²) in [4.78, 5) is 35.1. The average molecular weight is 361 g/mol. The van der Waals surface area contributed by atoms with Gasteiger partial charge in [0.1, 0.15) is 16.2 Å². The van der Waals surface area contributed by atoms with Crippen LogP contribution in [-0.2, 0) is 14.3 Å². The van der Waals surface area contributed by atoms with Crippen molar-refractivity contribution in [1.29, 1.82) is 5.26 Å². The molecule has 0 atom stereocenters. The fourth-order valence-electron chi connectivity index (χ4n) is 2.86. The number of rotatable bonds is 6. The quantitative estimate of drug-likeness (QED) is 0.329. The van der Waals surface area contributed by atoms with Gasteiger partial charge >= 0.3 is 11.9 Å². The second kappa shape index (κ2) is 8.29. The third-order valence-electron chi connectivity index (χ3n) is 4.42. The van der Waals surface area contributed by atoms with Crippen LogP contribution in [0.3, 0.4) is 0 Å². The zero-order valence-corrected chi connectivity index (χ0v) is 14.3. The molecule has 1 aromatic heterocycles. The summed E-state index contributed by atoms with van der Waals surface area (Å²) >= 11 is 0. The van der Waals surface area contributed by atoms with Gasteiger partial charge in [-0.3, -0.25) is 14.9 Å². The van der Waals surface area contributed by atoms with Gasteiger partial charge in [0.05, 0.1) is 12.1 Å². The third-order valence-corrected chi connectivity index (χ3v) is 4.42. The minimum absolute atomic E-state index is 0.114. The molecule has 9 nitrogen and oxygen atoms in total. The average Bonchev–Trinajstić information content (AvgIpc) is 3.13. The van der Waals surface area contributed by atoms with E-state index in [9.17, 15) is 25.0 Å². The third kappa shape index (κ3) is 4.47. The van der Waals surface area contributed by atoms with Gasteiger partial charge in [-0.05, 0) is 25.0 Å². The molecule has 1 amide bonds. The largest absolute Gasteiger partial charge is 0.452 e. The van der Waals surface area contributed by atoms with Crippen molar-refractivity contribution in [1.82, 2.24) is 4.90 Å². The highest BCUT2D eigenvalue weighted by molar-refractivity contribution is 5.89. The molecule has 0 aromatic carbocycles. The van der Waals surface area contributed by atoms with Crippen LogP contribution in [0.4, 0.5) is 5.88 Å². The number of hydrogen-bond acceptors (Lipinski definition) is 7. The number of likely N-dealkylation sites (N-methyl/N-ethyl adjacent to an activating group) is 1. The highest BCUT2D eigenvalue weighted by Crippen LogP contribution is 2.32. The van der Waals surface area contributed by atoms with Gasteiger partial charge in [0, 0.05) is 13.1 Å². The summed E-state index contributed by atoms with van der Waals surface area (Å²) in [6.07, 6.45) is 6.23. The maximum atomic E-state index is 12.2. The highest BCUT2D eigenvalue weighted by atomic mass is 16.6. The van der Waals surface area contributed by atoms with E-state index in [0.29, 0.717) is 12.8 Å². The first kappa shape index (κ1) is 19.2. The fraction of sp³-hybridized carbons (Fsp3) is 0.471. The van der Waals surface area contributed by atoms with E-state index in [1.807, 2.05) is 0 Å². The number of furan rings is 1. The van der Waals surface area contributed by atoms with E-state index < -0.39 is 34.8 Å². The zero-order chi connectivity index (χ0) is 19.2. The van der Waals surface area contributed by atoms with Crippen molar-refractivity contribution in [3.05, 3.63) is 34.1 Å². The van der Waals surface area contributed by atoms with E-state index in [0.717, 1.165) is 31.4 Å². The summed E-state index contributed by atoms with van der Waals surface area (Å²) in [5.74, 6) is -1.57. The minimum Gasteiger partial charge on any atom is -0.452 e. The molecule has 1 aliphatic carbocycles. The number of nitrogens with zero attached hydrogens (tertiary/aromatic N) is 3. The minimum atomic E-state index is -0.843. The van der Waals surface area contributed by atoms with E-state index in [1.54, 1.807) is 7.05 Å². The molecule has 138 valence electrons. The first-order chi connectivity index (χ1) is 12.4. The number of nitro groups is 1. The molecule has 0 aliphatic heterocycles. The predicted molar refractivity (Wildman–Crippen MR) is 89.6 cm³/mol. The molecular weight excluding hydrogens is 342 g/mol. The Morgan fingerprint density at radius 3 is 2.69 bits per heavy atom. The number of ether oxygens (including phenoxy) is 1. The van der Waals surface area contributed by atoms with Crippen molar-refractivity contribution in [2.45, 2.75) is 37.6 Å². The Morgan fingerprint density at radius 2 is 2.12 bits per heavy atom. The van der Waals surface area contributed by atoms with Crippen molar-refractivity contribution in [2.24, 2.45) is 0 Å². The predicted octanol–water partition coefficient (Wildman–Crippen LogP) is 2.43. The Kier molecular flexibility index (Phi) is 6.11. The van der Waals surface area contributed by atoms with Gasteiger partial charge < -0.3 is 14.1 Å².